The average molecular weight is 334 g/mol. The fourth-order valence-electron chi connectivity index (χ4n) is 2.58. The third kappa shape index (κ3) is 6.02. The summed E-state index contributed by atoms with van der Waals surface area (Å²) in [5.74, 6) is 0.272. The van der Waals surface area contributed by atoms with Crippen LogP contribution in [0.1, 0.15) is 45.6 Å². The molecule has 6 heteroatoms. The van der Waals surface area contributed by atoms with Crippen LogP contribution in [-0.2, 0) is 4.79 Å². The van der Waals surface area contributed by atoms with Crippen LogP contribution < -0.4 is 10.1 Å². The Hall–Kier alpha value is -2.37. The van der Waals surface area contributed by atoms with E-state index in [9.17, 15) is 14.9 Å². The molecule has 1 aromatic rings. The molecule has 0 aromatic heterocycles. The second kappa shape index (κ2) is 9.05. The summed E-state index contributed by atoms with van der Waals surface area (Å²) in [5.41, 5.74) is 1.56. The van der Waals surface area contributed by atoms with E-state index >= 15 is 0 Å². The molecule has 24 heavy (non-hydrogen) atoms. The number of carbonyl (C=O) groups excluding carboxylic acids is 1. The summed E-state index contributed by atoms with van der Waals surface area (Å²) < 4.78 is 5.14. The van der Waals surface area contributed by atoms with Crippen LogP contribution in [0.4, 0.5) is 0 Å². The molecule has 0 radical (unpaired) electrons. The maximum absolute atomic E-state index is 11.5. The molecule has 0 aliphatic carbocycles. The Morgan fingerprint density at radius 1 is 1.29 bits per heavy atom. The van der Waals surface area contributed by atoms with Crippen LogP contribution in [0, 0.1) is 10.1 Å². The topological polar surface area (TPSA) is 81.5 Å². The zero-order valence-electron chi connectivity index (χ0n) is 14.9. The molecule has 2 atom stereocenters. The van der Waals surface area contributed by atoms with Gasteiger partial charge in [-0.2, -0.15) is 0 Å². The van der Waals surface area contributed by atoms with Crippen molar-refractivity contribution >= 4 is 5.78 Å². The summed E-state index contributed by atoms with van der Waals surface area (Å²) in [6.45, 7) is 7.00. The van der Waals surface area contributed by atoms with E-state index in [1.165, 1.54) is 13.0 Å². The highest BCUT2D eigenvalue weighted by atomic mass is 16.6. The molecule has 0 saturated carbocycles. The minimum Gasteiger partial charge on any atom is -0.497 e. The smallest absolute Gasteiger partial charge is 0.217 e. The van der Waals surface area contributed by atoms with Crippen LogP contribution in [0.2, 0.25) is 0 Å². The van der Waals surface area contributed by atoms with Crippen molar-refractivity contribution in [2.24, 2.45) is 0 Å². The Morgan fingerprint density at radius 2 is 1.88 bits per heavy atom. The zero-order valence-corrected chi connectivity index (χ0v) is 14.9. The summed E-state index contributed by atoms with van der Waals surface area (Å²) in [5, 5.41) is 14.6. The van der Waals surface area contributed by atoms with Gasteiger partial charge in [0.1, 0.15) is 5.75 Å². The highest BCUT2D eigenvalue weighted by Gasteiger charge is 2.29. The van der Waals surface area contributed by atoms with Gasteiger partial charge in [-0.15, -0.1) is 0 Å². The van der Waals surface area contributed by atoms with Gasteiger partial charge in [-0.05, 0) is 44.5 Å². The Morgan fingerprint density at radius 3 is 2.29 bits per heavy atom. The number of nitro groups is 1. The number of nitrogens with zero attached hydrogens (tertiary/aromatic N) is 1. The molecule has 2 unspecified atom stereocenters. The van der Waals surface area contributed by atoms with Gasteiger partial charge in [0.2, 0.25) is 6.04 Å². The van der Waals surface area contributed by atoms with Crippen LogP contribution in [0.15, 0.2) is 36.0 Å². The lowest BCUT2D eigenvalue weighted by atomic mass is 9.88. The molecule has 0 amide bonds. The second-order valence-electron chi connectivity index (χ2n) is 6.19. The maximum atomic E-state index is 11.5. The molecule has 0 spiro atoms. The van der Waals surface area contributed by atoms with Gasteiger partial charge in [-0.1, -0.05) is 12.1 Å². The molecule has 1 aromatic carbocycles. The Balaban J connectivity index is 3.16. The Kier molecular flexibility index (Phi) is 7.42. The molecule has 132 valence electrons. The molecular formula is C18H26N2O4. The molecule has 0 bridgehead atoms. The highest BCUT2D eigenvalue weighted by Crippen LogP contribution is 2.29. The van der Waals surface area contributed by atoms with Gasteiger partial charge in [0, 0.05) is 30.0 Å². The lowest BCUT2D eigenvalue weighted by Crippen LogP contribution is -2.29. The first-order valence-electron chi connectivity index (χ1n) is 7.99. The van der Waals surface area contributed by atoms with Crippen molar-refractivity contribution in [3.63, 3.8) is 0 Å². The largest absolute Gasteiger partial charge is 0.497 e. The number of ether oxygens (including phenoxy) is 1. The van der Waals surface area contributed by atoms with Crippen molar-refractivity contribution in [2.45, 2.75) is 52.1 Å². The van der Waals surface area contributed by atoms with E-state index in [2.05, 4.69) is 5.32 Å². The number of hydrogen-bond acceptors (Lipinski definition) is 5. The number of rotatable bonds is 9. The minimum absolute atomic E-state index is 0.0830. The quantitative estimate of drug-likeness (QED) is 0.426. The van der Waals surface area contributed by atoms with E-state index < -0.39 is 6.04 Å². The first-order chi connectivity index (χ1) is 11.2. The fraction of sp³-hybridized carbons (Fsp3) is 0.500. The molecule has 0 heterocycles. The Bertz CT molecular complexity index is 594. The number of allylic oxidation sites excluding steroid dienone is 2. The second-order valence-corrected chi connectivity index (χ2v) is 6.19. The van der Waals surface area contributed by atoms with Gasteiger partial charge < -0.3 is 10.1 Å². The van der Waals surface area contributed by atoms with E-state index in [-0.39, 0.29) is 22.7 Å². The minimum atomic E-state index is -0.775. The summed E-state index contributed by atoms with van der Waals surface area (Å²) >= 11 is 0. The lowest BCUT2D eigenvalue weighted by Gasteiger charge is -2.22. The molecule has 0 fully saturated rings. The maximum Gasteiger partial charge on any atom is 0.217 e. The van der Waals surface area contributed by atoms with Gasteiger partial charge in [0.05, 0.1) is 13.0 Å². The number of hydrogen-bond donors (Lipinski definition) is 1. The standard InChI is InChI=1S/C18H26N2O4/c1-12(2)19-16(10-13(3)21)11-18(14(4)20(22)23)15-6-8-17(24-5)9-7-15/h6-10,12,14,18-19H,11H2,1-5H3/b16-10-. The molecule has 1 rings (SSSR count). The SMILES string of the molecule is COc1ccc(C(C/C(=C/C(C)=O)NC(C)C)C(C)[N+](=O)[O-])cc1. The van der Waals surface area contributed by atoms with Gasteiger partial charge in [0.25, 0.3) is 0 Å². The lowest BCUT2D eigenvalue weighted by molar-refractivity contribution is -0.522. The molecule has 6 nitrogen and oxygen atoms in total. The number of carbonyl (C=O) groups is 1. The number of ketones is 1. The van der Waals surface area contributed by atoms with Gasteiger partial charge in [-0.25, -0.2) is 0 Å². The highest BCUT2D eigenvalue weighted by molar-refractivity contribution is 5.87. The van der Waals surface area contributed by atoms with Crippen molar-refractivity contribution < 1.29 is 14.5 Å². The van der Waals surface area contributed by atoms with Crippen molar-refractivity contribution in [3.05, 3.63) is 51.7 Å². The predicted molar refractivity (Wildman–Crippen MR) is 93.8 cm³/mol. The van der Waals surface area contributed by atoms with Crippen LogP contribution in [0.5, 0.6) is 5.75 Å². The first-order valence-corrected chi connectivity index (χ1v) is 7.99. The van der Waals surface area contributed by atoms with Crippen LogP contribution in [0.25, 0.3) is 0 Å². The van der Waals surface area contributed by atoms with E-state index in [0.29, 0.717) is 17.9 Å². The van der Waals surface area contributed by atoms with Crippen LogP contribution in [0.3, 0.4) is 0 Å². The monoisotopic (exact) mass is 334 g/mol. The number of methoxy groups -OCH3 is 1. The summed E-state index contributed by atoms with van der Waals surface area (Å²) in [7, 11) is 1.58. The molecule has 0 aliphatic heterocycles. The molecule has 1 N–H and O–H groups in total. The van der Waals surface area contributed by atoms with E-state index in [1.807, 2.05) is 26.0 Å². The molecule has 0 aliphatic rings. The average Bonchev–Trinajstić information content (AvgIpc) is 2.50. The third-order valence-electron chi connectivity index (χ3n) is 3.75. The van der Waals surface area contributed by atoms with Crippen molar-refractivity contribution in [1.82, 2.24) is 5.32 Å². The van der Waals surface area contributed by atoms with E-state index in [1.54, 1.807) is 26.2 Å². The van der Waals surface area contributed by atoms with Gasteiger partial charge in [0.15, 0.2) is 5.78 Å². The third-order valence-corrected chi connectivity index (χ3v) is 3.75. The van der Waals surface area contributed by atoms with Gasteiger partial charge >= 0.3 is 0 Å². The molecular weight excluding hydrogens is 308 g/mol. The van der Waals surface area contributed by atoms with Crippen LogP contribution in [-0.4, -0.2) is 29.9 Å². The fourth-order valence-corrected chi connectivity index (χ4v) is 2.58. The van der Waals surface area contributed by atoms with E-state index in [4.69, 9.17) is 4.74 Å². The number of nitrogens with one attached hydrogen (secondary N) is 1. The van der Waals surface area contributed by atoms with E-state index in [0.717, 1.165) is 5.56 Å². The predicted octanol–water partition coefficient (Wildman–Crippen LogP) is 3.31. The van der Waals surface area contributed by atoms with Crippen molar-refractivity contribution in [3.8, 4) is 5.75 Å². The molecule has 0 saturated heterocycles. The zero-order chi connectivity index (χ0) is 18.3. The normalized spacial score (nSPS) is 14.2. The summed E-state index contributed by atoms with van der Waals surface area (Å²) in [6, 6.07) is 6.62. The van der Waals surface area contributed by atoms with Crippen molar-refractivity contribution in [2.75, 3.05) is 7.11 Å². The first kappa shape index (κ1) is 19.7. The van der Waals surface area contributed by atoms with Crippen LogP contribution >= 0.6 is 0 Å². The summed E-state index contributed by atoms with van der Waals surface area (Å²) in [4.78, 5) is 22.5. The number of benzene rings is 1. The van der Waals surface area contributed by atoms with Crippen molar-refractivity contribution in [1.29, 1.82) is 0 Å². The van der Waals surface area contributed by atoms with Gasteiger partial charge in [-0.3, -0.25) is 14.9 Å². The Labute approximate surface area is 143 Å². The summed E-state index contributed by atoms with van der Waals surface area (Å²) in [6.07, 6.45) is 1.91.